The van der Waals surface area contributed by atoms with Crippen LogP contribution in [0.2, 0.25) is 5.02 Å². The molecule has 4 N–H and O–H groups in total. The van der Waals surface area contributed by atoms with Gasteiger partial charge in [-0.3, -0.25) is 4.90 Å². The number of nitrogens with zero attached hydrogens (tertiary/aromatic N) is 7. The molecule has 0 radical (unpaired) electrons. The Hall–Kier alpha value is -1.14. The molecule has 2 saturated heterocycles. The Labute approximate surface area is 493 Å². The summed E-state index contributed by atoms with van der Waals surface area (Å²) in [6.45, 7) is 27.5. The molecule has 0 amide bonds. The van der Waals surface area contributed by atoms with Gasteiger partial charge in [-0.1, -0.05) is 110 Å². The molecule has 5 fully saturated rings. The smallest absolute Gasteiger partial charge is 0.313 e. The fourth-order valence-electron chi connectivity index (χ4n) is 14.6. The van der Waals surface area contributed by atoms with E-state index in [2.05, 4.69) is 132 Å². The van der Waals surface area contributed by atoms with Crippen LogP contribution in [0.15, 0.2) is 18.2 Å². The molecule has 80 heavy (non-hydrogen) atoms. The molecule has 1 aromatic rings. The normalized spacial score (nSPS) is 30.5. The minimum atomic E-state index is -4.46. The number of hydrogen-bond acceptors (Lipinski definition) is 11. The molecule has 3 aliphatic carbocycles. The van der Waals surface area contributed by atoms with Gasteiger partial charge >= 0.3 is 6.18 Å². The second-order valence-electron chi connectivity index (χ2n) is 28.1. The zero-order chi connectivity index (χ0) is 57.8. The van der Waals surface area contributed by atoms with Crippen molar-refractivity contribution in [3.8, 4) is 0 Å². The third-order valence-corrected chi connectivity index (χ3v) is 20.6. The van der Waals surface area contributed by atoms with Crippen LogP contribution in [0.5, 0.6) is 0 Å². The summed E-state index contributed by atoms with van der Waals surface area (Å²) in [5, 5.41) is 16.4. The van der Waals surface area contributed by atoms with E-state index in [9.17, 15) is 13.2 Å². The number of aryl methyl sites for hydroxylation is 1. The van der Waals surface area contributed by atoms with E-state index in [0.717, 1.165) is 128 Å². The first-order valence-electron chi connectivity index (χ1n) is 32.9. The Morgan fingerprint density at radius 1 is 0.625 bits per heavy atom. The number of halogens is 4. The summed E-state index contributed by atoms with van der Waals surface area (Å²) in [4.78, 5) is 18.5. The number of fused-ring (bicyclic) bond motifs is 1. The van der Waals surface area contributed by atoms with Crippen molar-refractivity contribution in [2.45, 2.75) is 217 Å². The minimum absolute atomic E-state index is 0.107. The van der Waals surface area contributed by atoms with Crippen molar-refractivity contribution >= 4 is 11.6 Å². The van der Waals surface area contributed by atoms with Gasteiger partial charge in [-0.05, 0) is 168 Å². The highest BCUT2D eigenvalue weighted by molar-refractivity contribution is 6.31. The number of likely N-dealkylation sites (N-methyl/N-ethyl adjacent to an activating group) is 6. The second kappa shape index (κ2) is 34.3. The first-order chi connectivity index (χ1) is 38.1. The highest BCUT2D eigenvalue weighted by atomic mass is 35.5. The minimum Gasteiger partial charge on any atom is -0.313 e. The number of alkyl halides is 3. The molecule has 1 aromatic carbocycles. The Morgan fingerprint density at radius 2 is 1.30 bits per heavy atom. The van der Waals surface area contributed by atoms with Crippen molar-refractivity contribution in [1.29, 1.82) is 0 Å². The summed E-state index contributed by atoms with van der Waals surface area (Å²) in [6, 6.07) is 7.40. The lowest BCUT2D eigenvalue weighted by atomic mass is 9.80. The Bertz CT molecular complexity index is 1840. The van der Waals surface area contributed by atoms with Gasteiger partial charge in [0.25, 0.3) is 0 Å². The molecule has 464 valence electrons. The average molecular weight is 1150 g/mol. The number of nitrogens with one attached hydrogen (secondary N) is 4. The molecule has 1 spiro atoms. The van der Waals surface area contributed by atoms with Gasteiger partial charge in [-0.2, -0.15) is 13.2 Å². The van der Waals surface area contributed by atoms with Crippen molar-refractivity contribution in [2.24, 2.45) is 23.7 Å². The van der Waals surface area contributed by atoms with E-state index >= 15 is 0 Å². The SMILES string of the molecule is CC(C)C[C@H]1CN[C@@H](CC2CCC2)CN(C)CCN(C)CCN(C)[C@@H](CC2CCCCC2)CN(C)CCN[C@@H](CCc2ccc(C(F)(F)F)c(Cl)c2)CN2CCC[C@H]2CNC2(CCCC2)CN(C)[C@@H](C(C)C)CN[C@H](C)CCN1C. The summed E-state index contributed by atoms with van der Waals surface area (Å²) in [6.07, 6.45) is 20.4. The second-order valence-corrected chi connectivity index (χ2v) is 28.5. The molecule has 0 bridgehead atoms. The van der Waals surface area contributed by atoms with Gasteiger partial charge in [0.2, 0.25) is 0 Å². The average Bonchev–Trinajstić information content (AvgIpc) is 4.05. The topological polar surface area (TPSA) is 70.8 Å². The first kappa shape index (κ1) is 68.0. The van der Waals surface area contributed by atoms with E-state index in [1.54, 1.807) is 12.1 Å². The van der Waals surface area contributed by atoms with Gasteiger partial charge in [0.1, 0.15) is 0 Å². The van der Waals surface area contributed by atoms with Crippen molar-refractivity contribution in [1.82, 2.24) is 55.6 Å². The molecular formula is C65H121ClF3N11. The quantitative estimate of drug-likeness (QED) is 0.181. The molecular weight excluding hydrogens is 1030 g/mol. The van der Waals surface area contributed by atoms with Crippen LogP contribution in [0.25, 0.3) is 0 Å². The van der Waals surface area contributed by atoms with Crippen molar-refractivity contribution in [3.05, 3.63) is 34.3 Å². The Balaban J connectivity index is 1.19. The fourth-order valence-corrected chi connectivity index (χ4v) is 14.9. The zero-order valence-corrected chi connectivity index (χ0v) is 53.7. The van der Waals surface area contributed by atoms with Crippen LogP contribution in [0.4, 0.5) is 13.2 Å². The van der Waals surface area contributed by atoms with Crippen LogP contribution >= 0.6 is 11.6 Å². The highest BCUT2D eigenvalue weighted by Gasteiger charge is 2.39. The summed E-state index contributed by atoms with van der Waals surface area (Å²) < 4.78 is 41.2. The standard InChI is InChI=1S/C65H121ClF3N11/c1-50(2)39-59-43-72-57(40-53-21-17-22-53)46-76(8)36-35-74(6)37-38-78(10)60(41-54-19-13-12-14-20-54)48-75(7)34-31-70-56(26-24-55-25-27-61(62(66)42-55)65(67,68)69)47-80-32-18-23-58(80)44-73-64(29-15-16-30-64)49-79(11)63(51(3)4)45-71-52(5)28-33-77(59)9/h25,27,42,50-54,56-60,63,70-73H,12-24,26,28-41,43-49H2,1-11H3/t52-,56+,57+,58+,59+,60+,63-/m1/s1. The third-order valence-electron chi connectivity index (χ3n) is 20.3. The summed E-state index contributed by atoms with van der Waals surface area (Å²) in [7, 11) is 14.1. The van der Waals surface area contributed by atoms with E-state index in [0.29, 0.717) is 54.5 Å². The highest BCUT2D eigenvalue weighted by Crippen LogP contribution is 2.36. The summed E-state index contributed by atoms with van der Waals surface area (Å²) in [5.74, 6) is 2.85. The molecule has 0 aromatic heterocycles. The first-order valence-corrected chi connectivity index (χ1v) is 33.2. The van der Waals surface area contributed by atoms with Gasteiger partial charge in [0.15, 0.2) is 0 Å². The van der Waals surface area contributed by atoms with Gasteiger partial charge in [-0.15, -0.1) is 0 Å². The Kier molecular flexibility index (Phi) is 29.1. The van der Waals surface area contributed by atoms with Crippen LogP contribution < -0.4 is 21.3 Å². The summed E-state index contributed by atoms with van der Waals surface area (Å²) >= 11 is 6.28. The van der Waals surface area contributed by atoms with Gasteiger partial charge in [0.05, 0.1) is 10.6 Å². The van der Waals surface area contributed by atoms with E-state index in [-0.39, 0.29) is 16.6 Å². The fraction of sp³-hybridized carbons (Fsp3) is 0.908. The van der Waals surface area contributed by atoms with E-state index in [1.165, 1.54) is 115 Å². The molecule has 7 atom stereocenters. The molecule has 15 heteroatoms. The number of hydrogen-bond donors (Lipinski definition) is 4. The largest absolute Gasteiger partial charge is 0.417 e. The lowest BCUT2D eigenvalue weighted by molar-refractivity contribution is -0.137. The van der Waals surface area contributed by atoms with Gasteiger partial charge in [0, 0.05) is 133 Å². The molecule has 3 saturated carbocycles. The van der Waals surface area contributed by atoms with Crippen LogP contribution in [-0.4, -0.2) is 223 Å². The Morgan fingerprint density at radius 3 is 1.98 bits per heavy atom. The maximum absolute atomic E-state index is 13.7. The van der Waals surface area contributed by atoms with Crippen LogP contribution in [0, 0.1) is 23.7 Å². The van der Waals surface area contributed by atoms with Crippen LogP contribution in [0.3, 0.4) is 0 Å². The molecule has 11 nitrogen and oxygen atoms in total. The maximum Gasteiger partial charge on any atom is 0.417 e. The molecule has 0 unspecified atom stereocenters. The molecule has 5 aliphatic rings. The zero-order valence-electron chi connectivity index (χ0n) is 53.0. The summed E-state index contributed by atoms with van der Waals surface area (Å²) in [5.41, 5.74) is 0.214. The van der Waals surface area contributed by atoms with Crippen molar-refractivity contribution < 1.29 is 13.2 Å². The van der Waals surface area contributed by atoms with E-state index < -0.39 is 11.7 Å². The number of rotatable bonds is 10. The van der Waals surface area contributed by atoms with Crippen LogP contribution in [0.1, 0.15) is 168 Å². The van der Waals surface area contributed by atoms with Crippen molar-refractivity contribution in [3.63, 3.8) is 0 Å². The lowest BCUT2D eigenvalue weighted by Crippen LogP contribution is -2.58. The van der Waals surface area contributed by atoms with Gasteiger partial charge in [-0.25, -0.2) is 0 Å². The molecule has 2 aliphatic heterocycles. The maximum atomic E-state index is 13.7. The lowest BCUT2D eigenvalue weighted by Gasteiger charge is -2.41. The van der Waals surface area contributed by atoms with E-state index in [4.69, 9.17) is 11.6 Å². The van der Waals surface area contributed by atoms with Gasteiger partial charge < -0.3 is 50.7 Å². The van der Waals surface area contributed by atoms with Crippen molar-refractivity contribution in [2.75, 3.05) is 140 Å². The monoisotopic (exact) mass is 1150 g/mol. The third kappa shape index (κ3) is 23.3. The van der Waals surface area contributed by atoms with Crippen LogP contribution in [-0.2, 0) is 12.6 Å². The molecule has 6 rings (SSSR count). The predicted octanol–water partition coefficient (Wildman–Crippen LogP) is 10.5. The van der Waals surface area contributed by atoms with E-state index in [1.807, 2.05) is 0 Å². The number of benzene rings is 1. The molecule has 2 heterocycles. The predicted molar refractivity (Wildman–Crippen MR) is 333 cm³/mol.